The van der Waals surface area contributed by atoms with Crippen LogP contribution in [-0.4, -0.2) is 16.7 Å². The van der Waals surface area contributed by atoms with Gasteiger partial charge >= 0.3 is 0 Å². The summed E-state index contributed by atoms with van der Waals surface area (Å²) in [5, 5.41) is 5.07. The number of rotatable bonds is 3. The molecule has 0 saturated heterocycles. The molecule has 1 amide bonds. The fourth-order valence-electron chi connectivity index (χ4n) is 2.14. The van der Waals surface area contributed by atoms with Crippen molar-refractivity contribution >= 4 is 35.3 Å². The fourth-order valence-corrected chi connectivity index (χ4v) is 2.64. The number of hydrogen-bond donors (Lipinski definition) is 1. The highest BCUT2D eigenvalue weighted by atomic mass is 35.5. The van der Waals surface area contributed by atoms with Crippen LogP contribution in [-0.2, 0) is 4.79 Å². The summed E-state index contributed by atoms with van der Waals surface area (Å²) in [7, 11) is 0. The van der Waals surface area contributed by atoms with Gasteiger partial charge in [0.25, 0.3) is 0 Å². The Labute approximate surface area is 133 Å². The molecule has 2 aromatic rings. The number of nitrogens with zero attached hydrogens (tertiary/aromatic N) is 2. The van der Waals surface area contributed by atoms with Crippen LogP contribution in [0.2, 0.25) is 10.0 Å². The van der Waals surface area contributed by atoms with Crippen molar-refractivity contribution in [3.63, 3.8) is 0 Å². The summed E-state index contributed by atoms with van der Waals surface area (Å²) in [5.74, 6) is -0.208. The lowest BCUT2D eigenvalue weighted by Gasteiger charge is -2.11. The first-order valence-electron chi connectivity index (χ1n) is 6.34. The first-order chi connectivity index (χ1) is 9.90. The summed E-state index contributed by atoms with van der Waals surface area (Å²) < 4.78 is 2.02. The van der Waals surface area contributed by atoms with Crippen molar-refractivity contribution in [3.8, 4) is 5.69 Å². The fraction of sp³-hybridized carbons (Fsp3) is 0.200. The monoisotopic (exact) mass is 323 g/mol. The van der Waals surface area contributed by atoms with Crippen molar-refractivity contribution in [2.75, 3.05) is 0 Å². The topological polar surface area (TPSA) is 46.4 Å². The molecule has 1 aromatic carbocycles. The van der Waals surface area contributed by atoms with Gasteiger partial charge in [0.1, 0.15) is 0 Å². The van der Waals surface area contributed by atoms with Crippen LogP contribution in [0.15, 0.2) is 29.4 Å². The molecule has 1 heterocycles. The van der Waals surface area contributed by atoms with Gasteiger partial charge in [-0.2, -0.15) is 5.10 Å². The van der Waals surface area contributed by atoms with Crippen molar-refractivity contribution in [2.24, 2.45) is 5.10 Å². The van der Waals surface area contributed by atoms with E-state index in [0.29, 0.717) is 10.0 Å². The van der Waals surface area contributed by atoms with E-state index in [2.05, 4.69) is 10.5 Å². The Kier molecular flexibility index (Phi) is 4.70. The largest absolute Gasteiger partial charge is 0.316 e. The molecule has 1 aromatic heterocycles. The van der Waals surface area contributed by atoms with E-state index in [9.17, 15) is 4.79 Å². The number of hydrazone groups is 1. The van der Waals surface area contributed by atoms with E-state index in [1.54, 1.807) is 18.3 Å². The van der Waals surface area contributed by atoms with Crippen LogP contribution >= 0.6 is 23.2 Å². The van der Waals surface area contributed by atoms with Crippen LogP contribution in [0.1, 0.15) is 23.9 Å². The van der Waals surface area contributed by atoms with Crippen molar-refractivity contribution in [3.05, 3.63) is 51.3 Å². The molecule has 110 valence electrons. The second kappa shape index (κ2) is 6.33. The Morgan fingerprint density at radius 1 is 1.29 bits per heavy atom. The summed E-state index contributed by atoms with van der Waals surface area (Å²) in [5.41, 5.74) is 6.14. The van der Waals surface area contributed by atoms with E-state index >= 15 is 0 Å². The maximum absolute atomic E-state index is 10.8. The van der Waals surface area contributed by atoms with Gasteiger partial charge in [0, 0.05) is 28.9 Å². The summed E-state index contributed by atoms with van der Waals surface area (Å²) in [6, 6.07) is 7.36. The molecule has 0 aliphatic carbocycles. The van der Waals surface area contributed by atoms with Gasteiger partial charge < -0.3 is 4.57 Å². The first kappa shape index (κ1) is 15.6. The molecule has 0 bridgehead atoms. The molecule has 0 spiro atoms. The third-order valence-corrected chi connectivity index (χ3v) is 3.58. The molecule has 2 rings (SSSR count). The average Bonchev–Trinajstić information content (AvgIpc) is 2.65. The Morgan fingerprint density at radius 2 is 2.00 bits per heavy atom. The molecule has 0 radical (unpaired) electrons. The van der Waals surface area contributed by atoms with Gasteiger partial charge in [-0.3, -0.25) is 4.79 Å². The summed E-state index contributed by atoms with van der Waals surface area (Å²) >= 11 is 12.2. The molecule has 21 heavy (non-hydrogen) atoms. The second-order valence-corrected chi connectivity index (χ2v) is 5.53. The summed E-state index contributed by atoms with van der Waals surface area (Å²) in [6.07, 6.45) is 1.62. The molecule has 0 unspecified atom stereocenters. The smallest absolute Gasteiger partial charge is 0.236 e. The number of carbonyl (C=O) groups is 1. The van der Waals surface area contributed by atoms with Crippen molar-refractivity contribution in [2.45, 2.75) is 20.8 Å². The summed E-state index contributed by atoms with van der Waals surface area (Å²) in [4.78, 5) is 10.8. The van der Waals surface area contributed by atoms with E-state index in [1.165, 1.54) is 6.92 Å². The highest BCUT2D eigenvalue weighted by Gasteiger charge is 2.12. The predicted octanol–water partition coefficient (Wildman–Crippen LogP) is 3.87. The molecular formula is C15H15Cl2N3O. The van der Waals surface area contributed by atoms with E-state index in [1.807, 2.05) is 30.5 Å². The van der Waals surface area contributed by atoms with Gasteiger partial charge in [-0.15, -0.1) is 0 Å². The predicted molar refractivity (Wildman–Crippen MR) is 86.7 cm³/mol. The maximum atomic E-state index is 10.8. The number of hydrogen-bond acceptors (Lipinski definition) is 2. The Hall–Kier alpha value is -1.78. The first-order valence-corrected chi connectivity index (χ1v) is 7.09. The number of nitrogens with one attached hydrogen (secondary N) is 1. The molecule has 0 atom stereocenters. The standard InChI is InChI=1S/C15H15Cl2N3O/c1-9-6-12(8-18-19-11(3)21)10(2)20(9)15-5-4-13(16)7-14(15)17/h4-8H,1-3H3,(H,19,21)/b18-8-. The normalized spacial score (nSPS) is 11.1. The number of halogens is 2. The Morgan fingerprint density at radius 3 is 2.62 bits per heavy atom. The Balaban J connectivity index is 2.44. The van der Waals surface area contributed by atoms with Crippen molar-refractivity contribution < 1.29 is 4.79 Å². The van der Waals surface area contributed by atoms with E-state index < -0.39 is 0 Å². The van der Waals surface area contributed by atoms with Crippen LogP contribution in [0.4, 0.5) is 0 Å². The van der Waals surface area contributed by atoms with Gasteiger partial charge in [-0.05, 0) is 38.1 Å². The number of carbonyl (C=O) groups excluding carboxylic acids is 1. The highest BCUT2D eigenvalue weighted by Crippen LogP contribution is 2.28. The number of aromatic nitrogens is 1. The van der Waals surface area contributed by atoms with Gasteiger partial charge in [0.05, 0.1) is 16.9 Å². The number of amides is 1. The molecule has 0 aliphatic heterocycles. The highest BCUT2D eigenvalue weighted by molar-refractivity contribution is 6.35. The van der Waals surface area contributed by atoms with Crippen LogP contribution in [0.25, 0.3) is 5.69 Å². The van der Waals surface area contributed by atoms with Crippen molar-refractivity contribution in [1.29, 1.82) is 0 Å². The molecule has 0 aliphatic rings. The molecule has 4 nitrogen and oxygen atoms in total. The zero-order valence-corrected chi connectivity index (χ0v) is 13.5. The Bertz CT molecular complexity index is 720. The molecule has 6 heteroatoms. The minimum Gasteiger partial charge on any atom is -0.316 e. The zero-order valence-electron chi connectivity index (χ0n) is 11.9. The lowest BCUT2D eigenvalue weighted by Crippen LogP contribution is -2.12. The third kappa shape index (κ3) is 3.46. The minimum absolute atomic E-state index is 0.208. The lowest BCUT2D eigenvalue weighted by molar-refractivity contribution is -0.118. The number of aryl methyl sites for hydroxylation is 1. The van der Waals surface area contributed by atoms with Crippen LogP contribution in [0.5, 0.6) is 0 Å². The summed E-state index contributed by atoms with van der Waals surface area (Å²) in [6.45, 7) is 5.36. The van der Waals surface area contributed by atoms with E-state index in [4.69, 9.17) is 23.2 Å². The van der Waals surface area contributed by atoms with Crippen LogP contribution in [0.3, 0.4) is 0 Å². The van der Waals surface area contributed by atoms with Crippen LogP contribution in [0, 0.1) is 13.8 Å². The SMILES string of the molecule is CC(=O)N/N=C\c1cc(C)n(-c2ccc(Cl)cc2Cl)c1C. The van der Waals surface area contributed by atoms with Gasteiger partial charge in [-0.25, -0.2) is 5.43 Å². The molecule has 1 N–H and O–H groups in total. The second-order valence-electron chi connectivity index (χ2n) is 4.68. The molecule has 0 fully saturated rings. The average molecular weight is 324 g/mol. The van der Waals surface area contributed by atoms with Gasteiger partial charge in [0.15, 0.2) is 0 Å². The number of benzene rings is 1. The van der Waals surface area contributed by atoms with Crippen molar-refractivity contribution in [1.82, 2.24) is 9.99 Å². The van der Waals surface area contributed by atoms with Gasteiger partial charge in [-0.1, -0.05) is 23.2 Å². The zero-order chi connectivity index (χ0) is 15.6. The minimum atomic E-state index is -0.208. The van der Waals surface area contributed by atoms with Crippen LogP contribution < -0.4 is 5.43 Å². The van der Waals surface area contributed by atoms with E-state index in [0.717, 1.165) is 22.6 Å². The molecule has 0 saturated carbocycles. The third-order valence-electron chi connectivity index (χ3n) is 3.05. The lowest BCUT2D eigenvalue weighted by atomic mass is 10.2. The maximum Gasteiger partial charge on any atom is 0.236 e. The van der Waals surface area contributed by atoms with E-state index in [-0.39, 0.29) is 5.91 Å². The van der Waals surface area contributed by atoms with Gasteiger partial charge in [0.2, 0.25) is 5.91 Å². The quantitative estimate of drug-likeness (QED) is 0.676. The molecular weight excluding hydrogens is 309 g/mol.